The third kappa shape index (κ3) is 8.07. The predicted octanol–water partition coefficient (Wildman–Crippen LogP) is 2.84. The Bertz CT molecular complexity index is 680. The van der Waals surface area contributed by atoms with E-state index in [2.05, 4.69) is 10.9 Å². The van der Waals surface area contributed by atoms with Crippen molar-refractivity contribution in [3.05, 3.63) is 65.2 Å². The molecule has 5 nitrogen and oxygen atoms in total. The van der Waals surface area contributed by atoms with Gasteiger partial charge >= 0.3 is 0 Å². The second-order valence-corrected chi connectivity index (χ2v) is 6.61. The lowest BCUT2D eigenvalue weighted by Crippen LogP contribution is -2.44. The number of hydrazine groups is 1. The standard InChI is InChI=1S/C18H19ClN2O3S/c19-15-6-8-16(9-7-15)25-13-18(23)21-20-17(22)12-24-11-10-14-4-2-1-3-5-14/h1-9H,10-13H2,(H,20,22)(H,21,23). The minimum atomic E-state index is -0.391. The molecule has 0 saturated heterocycles. The zero-order chi connectivity index (χ0) is 17.9. The largest absolute Gasteiger partial charge is 0.371 e. The van der Waals surface area contributed by atoms with Gasteiger partial charge in [0.05, 0.1) is 12.4 Å². The van der Waals surface area contributed by atoms with Gasteiger partial charge < -0.3 is 4.74 Å². The second kappa shape index (κ2) is 10.8. The van der Waals surface area contributed by atoms with E-state index < -0.39 is 5.91 Å². The summed E-state index contributed by atoms with van der Waals surface area (Å²) in [4.78, 5) is 24.2. The van der Waals surface area contributed by atoms with Gasteiger partial charge in [0.2, 0.25) is 5.91 Å². The molecule has 0 radical (unpaired) electrons. The third-order valence-corrected chi connectivity index (χ3v) is 4.40. The van der Waals surface area contributed by atoms with E-state index >= 15 is 0 Å². The van der Waals surface area contributed by atoms with Crippen LogP contribution in [0.2, 0.25) is 5.02 Å². The first-order valence-electron chi connectivity index (χ1n) is 7.71. The number of nitrogens with one attached hydrogen (secondary N) is 2. The normalized spacial score (nSPS) is 10.3. The Morgan fingerprint density at radius 2 is 1.64 bits per heavy atom. The van der Waals surface area contributed by atoms with E-state index in [9.17, 15) is 9.59 Å². The van der Waals surface area contributed by atoms with Crippen LogP contribution < -0.4 is 10.9 Å². The van der Waals surface area contributed by atoms with Crippen molar-refractivity contribution in [2.75, 3.05) is 19.0 Å². The summed E-state index contributed by atoms with van der Waals surface area (Å²) in [6.45, 7) is 0.342. The number of carbonyl (C=O) groups is 2. The molecule has 2 aromatic carbocycles. The molecule has 0 aliphatic heterocycles. The van der Waals surface area contributed by atoms with Crippen LogP contribution >= 0.6 is 23.4 Å². The monoisotopic (exact) mass is 378 g/mol. The number of amides is 2. The van der Waals surface area contributed by atoms with Gasteiger partial charge in [-0.05, 0) is 36.2 Å². The fraction of sp³-hybridized carbons (Fsp3) is 0.222. The van der Waals surface area contributed by atoms with Gasteiger partial charge in [0.25, 0.3) is 5.91 Å². The minimum absolute atomic E-state index is 0.0998. The molecule has 0 aliphatic carbocycles. The Balaban J connectivity index is 1.54. The highest BCUT2D eigenvalue weighted by molar-refractivity contribution is 8.00. The smallest absolute Gasteiger partial charge is 0.264 e. The average Bonchev–Trinajstić information content (AvgIpc) is 2.64. The Hall–Kier alpha value is -2.02. The molecule has 0 bridgehead atoms. The van der Waals surface area contributed by atoms with Crippen LogP contribution in [0.3, 0.4) is 0 Å². The maximum atomic E-state index is 11.7. The molecule has 2 amide bonds. The summed E-state index contributed by atoms with van der Waals surface area (Å²) in [5.41, 5.74) is 5.83. The van der Waals surface area contributed by atoms with E-state index in [0.29, 0.717) is 11.6 Å². The van der Waals surface area contributed by atoms with Gasteiger partial charge in [-0.1, -0.05) is 41.9 Å². The zero-order valence-electron chi connectivity index (χ0n) is 13.5. The van der Waals surface area contributed by atoms with Gasteiger partial charge in [-0.15, -0.1) is 11.8 Å². The topological polar surface area (TPSA) is 67.4 Å². The zero-order valence-corrected chi connectivity index (χ0v) is 15.1. The number of halogens is 1. The fourth-order valence-electron chi connectivity index (χ4n) is 1.89. The van der Waals surface area contributed by atoms with Gasteiger partial charge in [0, 0.05) is 9.92 Å². The van der Waals surface area contributed by atoms with Crippen LogP contribution in [0.4, 0.5) is 0 Å². The Kier molecular flexibility index (Phi) is 8.31. The predicted molar refractivity (Wildman–Crippen MR) is 99.4 cm³/mol. The van der Waals surface area contributed by atoms with Crippen LogP contribution in [0.25, 0.3) is 0 Å². The van der Waals surface area contributed by atoms with Crippen molar-refractivity contribution < 1.29 is 14.3 Å². The van der Waals surface area contributed by atoms with Gasteiger partial charge in [0.15, 0.2) is 0 Å². The minimum Gasteiger partial charge on any atom is -0.371 e. The fourth-order valence-corrected chi connectivity index (χ4v) is 2.72. The van der Waals surface area contributed by atoms with Crippen LogP contribution in [0.1, 0.15) is 5.56 Å². The molecule has 2 aromatic rings. The first-order valence-corrected chi connectivity index (χ1v) is 9.07. The van der Waals surface area contributed by atoms with E-state index in [1.54, 1.807) is 12.1 Å². The van der Waals surface area contributed by atoms with Crippen LogP contribution in [0, 0.1) is 0 Å². The highest BCUT2D eigenvalue weighted by Gasteiger charge is 2.06. The summed E-state index contributed by atoms with van der Waals surface area (Å²) in [7, 11) is 0. The second-order valence-electron chi connectivity index (χ2n) is 5.13. The van der Waals surface area contributed by atoms with Crippen molar-refractivity contribution in [2.24, 2.45) is 0 Å². The highest BCUT2D eigenvalue weighted by atomic mass is 35.5. The molecular formula is C18H19ClN2O3S. The van der Waals surface area contributed by atoms with Gasteiger partial charge in [-0.3, -0.25) is 20.4 Å². The van der Waals surface area contributed by atoms with Crippen molar-refractivity contribution in [3.8, 4) is 0 Å². The van der Waals surface area contributed by atoms with Crippen molar-refractivity contribution in [1.29, 1.82) is 0 Å². The highest BCUT2D eigenvalue weighted by Crippen LogP contribution is 2.19. The van der Waals surface area contributed by atoms with Crippen molar-refractivity contribution in [3.63, 3.8) is 0 Å². The maximum absolute atomic E-state index is 11.7. The van der Waals surface area contributed by atoms with Gasteiger partial charge in [0.1, 0.15) is 6.61 Å². The van der Waals surface area contributed by atoms with E-state index in [1.807, 2.05) is 42.5 Å². The molecule has 0 atom stereocenters. The van der Waals surface area contributed by atoms with Crippen molar-refractivity contribution in [2.45, 2.75) is 11.3 Å². The molecule has 0 aromatic heterocycles. The Labute approximate surface area is 156 Å². The van der Waals surface area contributed by atoms with Crippen LogP contribution in [0.15, 0.2) is 59.5 Å². The number of hydrogen-bond donors (Lipinski definition) is 2. The first-order chi connectivity index (χ1) is 12.1. The quantitative estimate of drug-likeness (QED) is 0.421. The number of carbonyl (C=O) groups excluding carboxylic acids is 2. The van der Waals surface area contributed by atoms with Gasteiger partial charge in [-0.2, -0.15) is 0 Å². The number of hydrogen-bond acceptors (Lipinski definition) is 4. The molecule has 25 heavy (non-hydrogen) atoms. The lowest BCUT2D eigenvalue weighted by Gasteiger charge is -2.08. The average molecular weight is 379 g/mol. The number of benzene rings is 2. The molecule has 0 aliphatic rings. The number of rotatable bonds is 8. The van der Waals surface area contributed by atoms with Crippen LogP contribution in [-0.4, -0.2) is 30.8 Å². The van der Waals surface area contributed by atoms with Crippen molar-refractivity contribution in [1.82, 2.24) is 10.9 Å². The summed E-state index contributed by atoms with van der Waals surface area (Å²) >= 11 is 7.15. The number of ether oxygens (including phenoxy) is 1. The maximum Gasteiger partial charge on any atom is 0.264 e. The lowest BCUT2D eigenvalue weighted by atomic mass is 10.2. The summed E-state index contributed by atoms with van der Waals surface area (Å²) in [6.07, 6.45) is 0.734. The summed E-state index contributed by atoms with van der Waals surface area (Å²) in [6, 6.07) is 17.1. The molecule has 2 rings (SSSR count). The lowest BCUT2D eigenvalue weighted by molar-refractivity contribution is -0.130. The molecule has 132 valence electrons. The summed E-state index contributed by atoms with van der Waals surface area (Å²) in [5, 5.41) is 0.647. The number of thioether (sulfide) groups is 1. The first kappa shape index (κ1) is 19.3. The van der Waals surface area contributed by atoms with Crippen LogP contribution in [-0.2, 0) is 20.7 Å². The molecule has 0 unspecified atom stereocenters. The Morgan fingerprint density at radius 3 is 2.36 bits per heavy atom. The SMILES string of the molecule is O=C(COCCc1ccccc1)NNC(=O)CSc1ccc(Cl)cc1. The molecule has 2 N–H and O–H groups in total. The molecule has 0 saturated carbocycles. The van der Waals surface area contributed by atoms with E-state index in [-0.39, 0.29) is 18.3 Å². The molecule has 0 spiro atoms. The third-order valence-electron chi connectivity index (χ3n) is 3.14. The van der Waals surface area contributed by atoms with Crippen molar-refractivity contribution >= 4 is 35.2 Å². The molecular weight excluding hydrogens is 360 g/mol. The summed E-state index contributed by atoms with van der Waals surface area (Å²) < 4.78 is 5.29. The van der Waals surface area contributed by atoms with Gasteiger partial charge in [-0.25, -0.2) is 0 Å². The van der Waals surface area contributed by atoms with E-state index in [4.69, 9.17) is 16.3 Å². The molecule has 0 heterocycles. The molecule has 0 fully saturated rings. The molecule has 7 heteroatoms. The summed E-state index contributed by atoms with van der Waals surface area (Å²) in [5.74, 6) is -0.493. The van der Waals surface area contributed by atoms with E-state index in [0.717, 1.165) is 16.9 Å². The van der Waals surface area contributed by atoms with E-state index in [1.165, 1.54) is 11.8 Å². The van der Waals surface area contributed by atoms with Crippen LogP contribution in [0.5, 0.6) is 0 Å². The Morgan fingerprint density at radius 1 is 0.960 bits per heavy atom.